The van der Waals surface area contributed by atoms with E-state index in [9.17, 15) is 19.2 Å². The molecule has 0 spiro atoms. The van der Waals surface area contributed by atoms with E-state index in [0.29, 0.717) is 66.7 Å². The van der Waals surface area contributed by atoms with Crippen LogP contribution in [0.25, 0.3) is 22.3 Å². The number of nitrogens with one attached hydrogen (secondary N) is 6. The molecule has 0 aliphatic rings. The lowest BCUT2D eigenvalue weighted by molar-refractivity contribution is -0.647. The van der Waals surface area contributed by atoms with E-state index >= 15 is 0 Å². The molecule has 0 amide bonds. The van der Waals surface area contributed by atoms with Gasteiger partial charge in [0.1, 0.15) is 11.6 Å². The van der Waals surface area contributed by atoms with Crippen molar-refractivity contribution in [2.24, 2.45) is 42.3 Å². The van der Waals surface area contributed by atoms with Crippen molar-refractivity contribution >= 4 is 57.6 Å². The molecule has 22 heteroatoms. The van der Waals surface area contributed by atoms with E-state index in [2.05, 4.69) is 173 Å². The fraction of sp³-hybridized carbons (Fsp3) is 0.323. The quantitative estimate of drug-likeness (QED) is 0.0568. The summed E-state index contributed by atoms with van der Waals surface area (Å²) in [6, 6.07) is 28.0. The van der Waals surface area contributed by atoms with E-state index in [1.54, 1.807) is 11.6 Å². The zero-order chi connectivity index (χ0) is 59.7. The van der Waals surface area contributed by atoms with Gasteiger partial charge in [0.15, 0.2) is 18.5 Å². The lowest BCUT2D eigenvalue weighted by atomic mass is 10.1. The molecule has 0 radical (unpaired) electrons. The second kappa shape index (κ2) is 28.2. The third kappa shape index (κ3) is 16.2. The second-order valence-electron chi connectivity index (χ2n) is 20.7. The number of nitrogens with zero attached hydrogens (tertiary/aromatic N) is 10. The number of nitrogen functional groups attached to an aromatic ring is 2. The number of aromatic nitrogens is 12. The maximum absolute atomic E-state index is 12.2. The minimum absolute atomic E-state index is 0. The average Bonchev–Trinajstić information content (AvgIpc) is 3.68. The molecule has 10 aromatic rings. The number of benzene rings is 4. The largest absolute Gasteiger partial charge is 0.380 e. The molecule has 0 fully saturated rings. The molecule has 0 bridgehead atoms. The number of imidazole rings is 2. The lowest BCUT2D eigenvalue weighted by Gasteiger charge is -2.09. The molecule has 6 heterocycles. The Morgan fingerprint density at radius 2 is 0.905 bits per heavy atom. The first-order valence-electron chi connectivity index (χ1n) is 26.6. The van der Waals surface area contributed by atoms with Crippen molar-refractivity contribution in [3.8, 4) is 0 Å². The van der Waals surface area contributed by atoms with E-state index < -0.39 is 5.69 Å². The van der Waals surface area contributed by atoms with Crippen LogP contribution in [0.4, 0.5) is 35.3 Å². The minimum Gasteiger partial charge on any atom is -0.380 e. The van der Waals surface area contributed by atoms with Gasteiger partial charge < -0.3 is 32.7 Å². The molecule has 6 aromatic heterocycles. The number of aromatic amines is 2. The number of anilines is 6. The fourth-order valence-electron chi connectivity index (χ4n) is 8.68. The number of fused-ring (bicyclic) bond motifs is 2. The Hall–Kier alpha value is -9.86. The fourth-order valence-corrected chi connectivity index (χ4v) is 8.68. The van der Waals surface area contributed by atoms with Crippen molar-refractivity contribution in [3.05, 3.63) is 206 Å². The molecule has 0 atom stereocenters. The van der Waals surface area contributed by atoms with E-state index in [-0.39, 0.29) is 37.5 Å². The zero-order valence-corrected chi connectivity index (χ0v) is 49.3. The van der Waals surface area contributed by atoms with Crippen LogP contribution in [0, 0.1) is 55.4 Å². The molecule has 0 saturated carbocycles. The van der Waals surface area contributed by atoms with Gasteiger partial charge in [-0.15, -0.1) is 0 Å². The Balaban J connectivity index is 0.000000204. The molecule has 10 N–H and O–H groups in total. The Labute approximate surface area is 490 Å². The summed E-state index contributed by atoms with van der Waals surface area (Å²) in [4.78, 5) is 69.6. The van der Waals surface area contributed by atoms with Crippen molar-refractivity contribution in [2.75, 3.05) is 32.7 Å². The third-order valence-corrected chi connectivity index (χ3v) is 14.3. The summed E-state index contributed by atoms with van der Waals surface area (Å²) in [5, 5.41) is 12.6. The molecule has 0 unspecified atom stereocenters. The maximum Gasteiger partial charge on any atom is 0.329 e. The Morgan fingerprint density at radius 3 is 1.37 bits per heavy atom. The summed E-state index contributed by atoms with van der Waals surface area (Å²) in [5.74, 6) is 2.65. The van der Waals surface area contributed by atoms with Gasteiger partial charge in [-0.25, -0.2) is 13.9 Å². The van der Waals surface area contributed by atoms with Gasteiger partial charge in [0.2, 0.25) is 17.0 Å². The predicted octanol–water partition coefficient (Wildman–Crippen LogP) is 7.09. The molecule has 84 heavy (non-hydrogen) atoms. The highest BCUT2D eigenvalue weighted by Crippen LogP contribution is 2.19. The number of hydrogen-bond acceptors (Lipinski definition) is 14. The Bertz CT molecular complexity index is 4170. The van der Waals surface area contributed by atoms with E-state index in [0.717, 1.165) is 32.4 Å². The van der Waals surface area contributed by atoms with Gasteiger partial charge in [-0.3, -0.25) is 42.6 Å². The SMILES string of the molecule is C.C.Cc1ccc(CNc2cc(=O)n(C)c(=O)[nH]2)cc1C.Cc1ccc(CNc2cc(=O)n(C)c(N)n2)cc1C.Cc1ccc(CNc2nc(N)c3c(n2)[n+](C)cn3C)cc1C.Cc1ccc(CNc2nc3c(c(=O)[nH]2)n(C)c[n+]3C)cc1C. The smallest absolute Gasteiger partial charge is 0.329 e. The highest BCUT2D eigenvalue weighted by atomic mass is 16.2. The zero-order valence-electron chi connectivity index (χ0n) is 49.3. The van der Waals surface area contributed by atoms with Gasteiger partial charge in [-0.2, -0.15) is 9.97 Å². The molecule has 0 aliphatic carbocycles. The molecule has 0 saturated heterocycles. The molecule has 22 nitrogen and oxygen atoms in total. The first-order chi connectivity index (χ1) is 38.8. The van der Waals surface area contributed by atoms with Gasteiger partial charge in [-0.1, -0.05) is 97.6 Å². The van der Waals surface area contributed by atoms with Crippen LogP contribution in [0.2, 0.25) is 0 Å². The minimum atomic E-state index is -0.421. The van der Waals surface area contributed by atoms with Crippen LogP contribution in [0.3, 0.4) is 0 Å². The van der Waals surface area contributed by atoms with Crippen LogP contribution >= 0.6 is 0 Å². The summed E-state index contributed by atoms with van der Waals surface area (Å²) in [7, 11) is 10.6. The van der Waals surface area contributed by atoms with E-state index in [1.807, 2.05) is 60.6 Å². The topological polar surface area (TPSA) is 279 Å². The molecule has 4 aromatic carbocycles. The van der Waals surface area contributed by atoms with Crippen LogP contribution in [0.1, 0.15) is 81.6 Å². The molecule has 0 aliphatic heterocycles. The highest BCUT2D eigenvalue weighted by molar-refractivity contribution is 5.80. The monoisotopic (exact) mass is 1140 g/mol. The predicted molar refractivity (Wildman–Crippen MR) is 339 cm³/mol. The lowest BCUT2D eigenvalue weighted by Crippen LogP contribution is -2.32. The number of H-pyrrole nitrogens is 2. The first-order valence-corrected chi connectivity index (χ1v) is 26.6. The highest BCUT2D eigenvalue weighted by Gasteiger charge is 2.20. The van der Waals surface area contributed by atoms with E-state index in [4.69, 9.17) is 11.5 Å². The summed E-state index contributed by atoms with van der Waals surface area (Å²) >= 11 is 0. The number of hydrogen-bond donors (Lipinski definition) is 8. The summed E-state index contributed by atoms with van der Waals surface area (Å²) in [6.45, 7) is 19.1. The van der Waals surface area contributed by atoms with Crippen LogP contribution < -0.4 is 64.2 Å². The van der Waals surface area contributed by atoms with Crippen molar-refractivity contribution < 1.29 is 9.13 Å². The van der Waals surface area contributed by atoms with Crippen LogP contribution in [-0.2, 0) is 68.5 Å². The molecular weight excluding hydrogens is 1060 g/mol. The summed E-state index contributed by atoms with van der Waals surface area (Å²) in [5.41, 5.74) is 28.2. The van der Waals surface area contributed by atoms with Gasteiger partial charge >= 0.3 is 22.9 Å². The average molecular weight is 1150 g/mol. The molecule has 10 rings (SSSR count). The number of nitrogens with two attached hydrogens (primary N) is 2. The maximum atomic E-state index is 12.2. The Morgan fingerprint density at radius 1 is 0.476 bits per heavy atom. The van der Waals surface area contributed by atoms with Crippen molar-refractivity contribution in [2.45, 2.75) is 96.4 Å². The van der Waals surface area contributed by atoms with Crippen LogP contribution in [0.5, 0.6) is 0 Å². The number of aryl methyl sites for hydroxylation is 12. The number of rotatable bonds is 12. The first kappa shape index (κ1) is 65.0. The van der Waals surface area contributed by atoms with Crippen molar-refractivity contribution in [3.63, 3.8) is 0 Å². The standard InChI is InChI=1S/C16H21N6.C16H19N5O.C14H18N4O.C14H17N3O2.2CH4/c1-10-5-6-12(7-11(10)2)8-18-16-19-14(17)13-15(20-16)22(4)9-21(13)3;1-10-5-6-12(7-11(10)2)8-17-16-18-14-13(15(22)19-16)20(3)9-21(14)4;1-9-4-5-11(6-10(9)2)8-16-12-7-13(19)18(3)14(15)17-12;1-9-4-5-11(6-10(9)2)8-15-12-7-13(18)17(3)14(19)16-12;;/h5-7,9H,8H2,1-4H3,(H3,17,18,19,20);5-7,9H,8H2,1-4H3,(H-,17,18,19,22);4-7,16H,8H2,1-3H3,(H2,15,17);4-7,15H,8H2,1-3H3,(H,16,19);2*1H4/q+1;;;;;/p+1. The van der Waals surface area contributed by atoms with E-state index in [1.165, 1.54) is 73.8 Å². The normalized spacial score (nSPS) is 10.5. The summed E-state index contributed by atoms with van der Waals surface area (Å²) < 4.78 is 9.81. The van der Waals surface area contributed by atoms with Gasteiger partial charge in [0.05, 0.1) is 28.2 Å². The molecule has 444 valence electrons. The van der Waals surface area contributed by atoms with Gasteiger partial charge in [0.25, 0.3) is 22.6 Å². The van der Waals surface area contributed by atoms with Gasteiger partial charge in [0, 0.05) is 52.4 Å². The van der Waals surface area contributed by atoms with Gasteiger partial charge in [-0.05, 0) is 122 Å². The second-order valence-corrected chi connectivity index (χ2v) is 20.7. The molecular formula is C62H84N18O4+2. The Kier molecular flexibility index (Phi) is 21.8. The third-order valence-electron chi connectivity index (χ3n) is 14.3. The summed E-state index contributed by atoms with van der Waals surface area (Å²) in [6.07, 6.45) is 3.77. The van der Waals surface area contributed by atoms with Crippen molar-refractivity contribution in [1.29, 1.82) is 0 Å². The van der Waals surface area contributed by atoms with Crippen LogP contribution in [0.15, 0.2) is 117 Å². The van der Waals surface area contributed by atoms with Crippen molar-refractivity contribution in [1.82, 2.24) is 48.2 Å². The van der Waals surface area contributed by atoms with Crippen LogP contribution in [-0.4, -0.2) is 48.2 Å².